The van der Waals surface area contributed by atoms with E-state index >= 15 is 0 Å². The predicted molar refractivity (Wildman–Crippen MR) is 67.6 cm³/mol. The van der Waals surface area contributed by atoms with Crippen LogP contribution in [-0.4, -0.2) is 9.97 Å². The van der Waals surface area contributed by atoms with E-state index in [4.69, 9.17) is 0 Å². The van der Waals surface area contributed by atoms with Crippen molar-refractivity contribution in [3.63, 3.8) is 0 Å². The Morgan fingerprint density at radius 1 is 1.06 bits per heavy atom. The van der Waals surface area contributed by atoms with Gasteiger partial charge in [0.25, 0.3) is 0 Å². The van der Waals surface area contributed by atoms with Gasteiger partial charge in [0, 0.05) is 17.5 Å². The van der Waals surface area contributed by atoms with Crippen LogP contribution in [0.15, 0.2) is 42.6 Å². The number of benzene rings is 1. The highest BCUT2D eigenvalue weighted by Gasteiger charge is 2.05. The molecule has 0 aliphatic rings. The molecule has 0 bridgehead atoms. The molecule has 0 saturated heterocycles. The average Bonchev–Trinajstić information content (AvgIpc) is 2.73. The number of rotatable bonds is 1. The Morgan fingerprint density at radius 3 is 2.69 bits per heavy atom. The van der Waals surface area contributed by atoms with Gasteiger partial charge in [0.1, 0.15) is 5.01 Å². The van der Waals surface area contributed by atoms with Crippen LogP contribution in [0.2, 0.25) is 0 Å². The molecule has 0 saturated carbocycles. The van der Waals surface area contributed by atoms with Crippen LogP contribution in [0.4, 0.5) is 0 Å². The highest BCUT2D eigenvalue weighted by atomic mass is 32.1. The van der Waals surface area contributed by atoms with Gasteiger partial charge in [0.05, 0.1) is 10.2 Å². The first-order chi connectivity index (χ1) is 7.83. The van der Waals surface area contributed by atoms with E-state index in [-0.39, 0.29) is 0 Å². The Balaban J connectivity index is 2.15. The van der Waals surface area contributed by atoms with E-state index < -0.39 is 0 Å². The maximum Gasteiger partial charge on any atom is 0.126 e. The van der Waals surface area contributed by atoms with Crippen molar-refractivity contribution in [2.75, 3.05) is 0 Å². The van der Waals surface area contributed by atoms with E-state index in [9.17, 15) is 0 Å². The van der Waals surface area contributed by atoms with Crippen molar-refractivity contribution in [3.8, 4) is 10.6 Å². The molecule has 2 nitrogen and oxygen atoms in total. The minimum Gasteiger partial charge on any atom is -0.261 e. The molecular weight excluding hydrogens is 216 g/mol. The van der Waals surface area contributed by atoms with Crippen molar-refractivity contribution >= 4 is 21.6 Å². The van der Waals surface area contributed by atoms with E-state index in [1.54, 1.807) is 11.3 Å². The number of pyridine rings is 1. The Bertz CT molecular complexity index is 593. The minimum absolute atomic E-state index is 1.03. The molecule has 0 N–H and O–H groups in total. The number of thiazole rings is 1. The summed E-state index contributed by atoms with van der Waals surface area (Å²) in [6.07, 6.45) is 1.88. The van der Waals surface area contributed by atoms with Crippen molar-refractivity contribution in [2.45, 2.75) is 6.92 Å². The van der Waals surface area contributed by atoms with Crippen molar-refractivity contribution in [1.29, 1.82) is 0 Å². The number of para-hydroxylation sites is 1. The van der Waals surface area contributed by atoms with E-state index in [1.165, 1.54) is 4.70 Å². The van der Waals surface area contributed by atoms with Gasteiger partial charge in [0.15, 0.2) is 0 Å². The normalized spacial score (nSPS) is 10.8. The van der Waals surface area contributed by atoms with Gasteiger partial charge in [-0.05, 0) is 31.2 Å². The first-order valence-electron chi connectivity index (χ1n) is 5.11. The SMILES string of the molecule is Cc1ccc(-c2nc3ccccc3s2)cn1. The van der Waals surface area contributed by atoms with Crippen LogP contribution in [0.5, 0.6) is 0 Å². The van der Waals surface area contributed by atoms with Gasteiger partial charge in [-0.3, -0.25) is 4.98 Å². The molecule has 3 rings (SSSR count). The van der Waals surface area contributed by atoms with Gasteiger partial charge in [-0.15, -0.1) is 11.3 Å². The predicted octanol–water partition coefficient (Wildman–Crippen LogP) is 3.67. The maximum absolute atomic E-state index is 4.59. The highest BCUT2D eigenvalue weighted by molar-refractivity contribution is 7.21. The Labute approximate surface area is 97.6 Å². The van der Waals surface area contributed by atoms with Crippen LogP contribution in [0.25, 0.3) is 20.8 Å². The topological polar surface area (TPSA) is 25.8 Å². The van der Waals surface area contributed by atoms with Crippen molar-refractivity contribution in [2.24, 2.45) is 0 Å². The molecule has 0 fully saturated rings. The fourth-order valence-electron chi connectivity index (χ4n) is 1.59. The molecule has 0 aliphatic carbocycles. The third-order valence-electron chi connectivity index (χ3n) is 2.45. The van der Waals surface area contributed by atoms with E-state index in [2.05, 4.69) is 22.1 Å². The van der Waals surface area contributed by atoms with Gasteiger partial charge in [0.2, 0.25) is 0 Å². The first-order valence-corrected chi connectivity index (χ1v) is 5.93. The molecule has 0 amide bonds. The van der Waals surface area contributed by atoms with E-state index in [0.717, 1.165) is 21.8 Å². The fraction of sp³-hybridized carbons (Fsp3) is 0.0769. The molecule has 2 heterocycles. The number of aryl methyl sites for hydroxylation is 1. The molecule has 0 atom stereocenters. The summed E-state index contributed by atoms with van der Waals surface area (Å²) >= 11 is 1.71. The van der Waals surface area contributed by atoms with Crippen LogP contribution >= 0.6 is 11.3 Å². The number of hydrogen-bond acceptors (Lipinski definition) is 3. The van der Waals surface area contributed by atoms with E-state index in [0.29, 0.717) is 0 Å². The molecule has 16 heavy (non-hydrogen) atoms. The second kappa shape index (κ2) is 3.68. The lowest BCUT2D eigenvalue weighted by Crippen LogP contribution is -1.81. The summed E-state index contributed by atoms with van der Waals surface area (Å²) in [7, 11) is 0. The molecule has 2 aromatic heterocycles. The Hall–Kier alpha value is -1.74. The summed E-state index contributed by atoms with van der Waals surface area (Å²) in [5, 5.41) is 1.04. The molecule has 0 aliphatic heterocycles. The van der Waals surface area contributed by atoms with Crippen molar-refractivity contribution in [1.82, 2.24) is 9.97 Å². The Kier molecular flexibility index (Phi) is 2.18. The van der Waals surface area contributed by atoms with Crippen LogP contribution in [-0.2, 0) is 0 Å². The van der Waals surface area contributed by atoms with Crippen LogP contribution in [0, 0.1) is 6.92 Å². The number of nitrogens with zero attached hydrogens (tertiary/aromatic N) is 2. The second-order valence-corrected chi connectivity index (χ2v) is 4.71. The summed E-state index contributed by atoms with van der Waals surface area (Å²) < 4.78 is 1.22. The average molecular weight is 226 g/mol. The van der Waals surface area contributed by atoms with Crippen LogP contribution in [0.1, 0.15) is 5.69 Å². The van der Waals surface area contributed by atoms with E-state index in [1.807, 2.05) is 37.4 Å². The molecular formula is C13H10N2S. The third kappa shape index (κ3) is 1.59. The summed E-state index contributed by atoms with van der Waals surface area (Å²) in [4.78, 5) is 8.88. The fourth-order valence-corrected chi connectivity index (χ4v) is 2.55. The number of aromatic nitrogens is 2. The smallest absolute Gasteiger partial charge is 0.126 e. The van der Waals surface area contributed by atoms with Crippen LogP contribution in [0.3, 0.4) is 0 Å². The van der Waals surface area contributed by atoms with Gasteiger partial charge in [-0.2, -0.15) is 0 Å². The highest BCUT2D eigenvalue weighted by Crippen LogP contribution is 2.29. The number of hydrogen-bond donors (Lipinski definition) is 0. The van der Waals surface area contributed by atoms with Gasteiger partial charge in [-0.1, -0.05) is 12.1 Å². The molecule has 3 aromatic rings. The van der Waals surface area contributed by atoms with Crippen molar-refractivity contribution in [3.05, 3.63) is 48.3 Å². The minimum atomic E-state index is 1.03. The van der Waals surface area contributed by atoms with Crippen molar-refractivity contribution < 1.29 is 0 Å². The van der Waals surface area contributed by atoms with Gasteiger partial charge >= 0.3 is 0 Å². The summed E-state index contributed by atoms with van der Waals surface area (Å²) in [5.74, 6) is 0. The molecule has 0 unspecified atom stereocenters. The van der Waals surface area contributed by atoms with Gasteiger partial charge < -0.3 is 0 Å². The zero-order valence-electron chi connectivity index (χ0n) is 8.84. The molecule has 1 aromatic carbocycles. The zero-order chi connectivity index (χ0) is 11.0. The summed E-state index contributed by atoms with van der Waals surface area (Å²) in [6, 6.07) is 12.3. The molecule has 0 radical (unpaired) electrons. The quantitative estimate of drug-likeness (QED) is 0.632. The molecule has 3 heteroatoms. The lowest BCUT2D eigenvalue weighted by molar-refractivity contribution is 1.20. The Morgan fingerprint density at radius 2 is 1.94 bits per heavy atom. The molecule has 78 valence electrons. The lowest BCUT2D eigenvalue weighted by atomic mass is 10.2. The zero-order valence-corrected chi connectivity index (χ0v) is 9.66. The number of fused-ring (bicyclic) bond motifs is 1. The second-order valence-electron chi connectivity index (χ2n) is 3.67. The third-order valence-corrected chi connectivity index (χ3v) is 3.54. The standard InChI is InChI=1S/C13H10N2S/c1-9-6-7-10(8-14-9)13-15-11-4-2-3-5-12(11)16-13/h2-8H,1H3. The monoisotopic (exact) mass is 226 g/mol. The van der Waals surface area contributed by atoms with Gasteiger partial charge in [-0.25, -0.2) is 4.98 Å². The largest absolute Gasteiger partial charge is 0.261 e. The summed E-state index contributed by atoms with van der Waals surface area (Å²) in [5.41, 5.74) is 3.18. The summed E-state index contributed by atoms with van der Waals surface area (Å²) in [6.45, 7) is 1.99. The van der Waals surface area contributed by atoms with Crippen LogP contribution < -0.4 is 0 Å². The lowest BCUT2D eigenvalue weighted by Gasteiger charge is -1.95. The molecule has 0 spiro atoms. The first kappa shape index (κ1) is 9.48. The maximum atomic E-state index is 4.59.